The van der Waals surface area contributed by atoms with Crippen molar-refractivity contribution in [1.29, 1.82) is 0 Å². The number of alkyl carbamates (subject to hydrolysis) is 1. The van der Waals surface area contributed by atoms with Gasteiger partial charge in [0.25, 0.3) is 0 Å². The molecule has 6 nitrogen and oxygen atoms in total. The molecule has 0 radical (unpaired) electrons. The Morgan fingerprint density at radius 1 is 1.28 bits per heavy atom. The van der Waals surface area contributed by atoms with Crippen molar-refractivity contribution in [2.45, 2.75) is 57.9 Å². The molecule has 0 aliphatic heterocycles. The van der Waals surface area contributed by atoms with Crippen molar-refractivity contribution < 1.29 is 27.5 Å². The first-order valence-electron chi connectivity index (χ1n) is 7.67. The molecule has 1 heterocycles. The van der Waals surface area contributed by atoms with Gasteiger partial charge in [0.05, 0.1) is 0 Å². The first-order chi connectivity index (χ1) is 11.4. The number of nitrogens with one attached hydrogen (secondary N) is 1. The van der Waals surface area contributed by atoms with Crippen LogP contribution in [0.1, 0.15) is 44.9 Å². The number of carbonyl (C=O) groups is 2. The van der Waals surface area contributed by atoms with Gasteiger partial charge in [0.15, 0.2) is 0 Å². The maximum absolute atomic E-state index is 12.5. The van der Waals surface area contributed by atoms with Crippen molar-refractivity contribution in [2.75, 3.05) is 0 Å². The fourth-order valence-corrected chi connectivity index (χ4v) is 2.01. The molecule has 0 saturated heterocycles. The summed E-state index contributed by atoms with van der Waals surface area (Å²) in [6.45, 7) is 5.10. The van der Waals surface area contributed by atoms with Gasteiger partial charge in [-0.15, -0.1) is 0 Å². The van der Waals surface area contributed by atoms with Crippen LogP contribution in [0, 0.1) is 0 Å². The first-order valence-corrected chi connectivity index (χ1v) is 7.67. The summed E-state index contributed by atoms with van der Waals surface area (Å²) >= 11 is 0. The van der Waals surface area contributed by atoms with E-state index in [4.69, 9.17) is 10.5 Å². The topological polar surface area (TPSA) is 94.3 Å². The molecule has 1 atom stereocenters. The third-order valence-corrected chi connectivity index (χ3v) is 3.06. The van der Waals surface area contributed by atoms with E-state index in [1.165, 1.54) is 6.07 Å². The van der Waals surface area contributed by atoms with Crippen LogP contribution < -0.4 is 11.1 Å². The van der Waals surface area contributed by atoms with E-state index in [0.717, 1.165) is 12.3 Å². The van der Waals surface area contributed by atoms with Gasteiger partial charge in [-0.05, 0) is 45.2 Å². The minimum Gasteiger partial charge on any atom is -0.444 e. The molecule has 3 N–H and O–H groups in total. The lowest BCUT2D eigenvalue weighted by atomic mass is 10.0. The predicted octanol–water partition coefficient (Wildman–Crippen LogP) is 2.80. The molecular formula is C16H22F3N3O3. The number of hydrogen-bond acceptors (Lipinski definition) is 4. The van der Waals surface area contributed by atoms with Crippen LogP contribution in [-0.4, -0.2) is 28.6 Å². The van der Waals surface area contributed by atoms with Crippen molar-refractivity contribution in [1.82, 2.24) is 10.3 Å². The standard InChI is InChI=1S/C16H22F3N3O3/c1-15(2,3)25-14(24)22-11(5-7-13(20)23)8-10-4-6-12(21-9-10)16(17,18)19/h4,6,9,11H,5,7-8H2,1-3H3,(H2,20,23)(H,22,24). The lowest BCUT2D eigenvalue weighted by Crippen LogP contribution is -2.40. The van der Waals surface area contributed by atoms with Crippen molar-refractivity contribution in [3.63, 3.8) is 0 Å². The Labute approximate surface area is 143 Å². The zero-order valence-electron chi connectivity index (χ0n) is 14.3. The van der Waals surface area contributed by atoms with Gasteiger partial charge < -0.3 is 15.8 Å². The van der Waals surface area contributed by atoms with Crippen LogP contribution in [0.2, 0.25) is 0 Å². The Bertz CT molecular complexity index is 595. The maximum atomic E-state index is 12.5. The van der Waals surface area contributed by atoms with Crippen LogP contribution >= 0.6 is 0 Å². The predicted molar refractivity (Wildman–Crippen MR) is 84.5 cm³/mol. The Kier molecular flexibility index (Phi) is 6.78. The Hall–Kier alpha value is -2.32. The lowest BCUT2D eigenvalue weighted by molar-refractivity contribution is -0.141. The average Bonchev–Trinajstić information content (AvgIpc) is 2.42. The number of halogens is 3. The maximum Gasteiger partial charge on any atom is 0.433 e. The highest BCUT2D eigenvalue weighted by Gasteiger charge is 2.32. The molecule has 140 valence electrons. The molecule has 0 aliphatic carbocycles. The second-order valence-electron chi connectivity index (χ2n) is 6.60. The molecule has 9 heteroatoms. The van der Waals surface area contributed by atoms with Gasteiger partial charge in [-0.2, -0.15) is 13.2 Å². The fraction of sp³-hybridized carbons (Fsp3) is 0.562. The number of hydrogen-bond donors (Lipinski definition) is 2. The fourth-order valence-electron chi connectivity index (χ4n) is 2.01. The number of amides is 2. The summed E-state index contributed by atoms with van der Waals surface area (Å²) in [6, 6.07) is 1.62. The minimum atomic E-state index is -4.52. The van der Waals surface area contributed by atoms with Crippen molar-refractivity contribution in [3.8, 4) is 0 Å². The quantitative estimate of drug-likeness (QED) is 0.815. The van der Waals surface area contributed by atoms with Gasteiger partial charge in [-0.1, -0.05) is 6.07 Å². The molecule has 0 fully saturated rings. The molecule has 0 aliphatic rings. The summed E-state index contributed by atoms with van der Waals surface area (Å²) < 4.78 is 42.7. The number of carbonyl (C=O) groups excluding carboxylic acids is 2. The molecule has 25 heavy (non-hydrogen) atoms. The van der Waals surface area contributed by atoms with E-state index in [1.807, 2.05) is 0 Å². The molecule has 1 aromatic rings. The van der Waals surface area contributed by atoms with Crippen molar-refractivity contribution in [3.05, 3.63) is 29.6 Å². The van der Waals surface area contributed by atoms with Gasteiger partial charge >= 0.3 is 12.3 Å². The molecule has 0 saturated carbocycles. The van der Waals surface area contributed by atoms with E-state index in [0.29, 0.717) is 5.56 Å². The van der Waals surface area contributed by atoms with Crippen LogP contribution in [-0.2, 0) is 22.1 Å². The normalized spacial score (nSPS) is 13.2. The molecular weight excluding hydrogens is 339 g/mol. The number of alkyl halides is 3. The Morgan fingerprint density at radius 2 is 1.92 bits per heavy atom. The summed E-state index contributed by atoms with van der Waals surface area (Å²) in [5, 5.41) is 2.60. The number of nitrogens with zero attached hydrogens (tertiary/aromatic N) is 1. The van der Waals surface area contributed by atoms with Crippen LogP contribution in [0.15, 0.2) is 18.3 Å². The summed E-state index contributed by atoms with van der Waals surface area (Å²) in [6.07, 6.45) is -3.65. The smallest absolute Gasteiger partial charge is 0.433 e. The molecule has 0 aromatic carbocycles. The zero-order chi connectivity index (χ0) is 19.3. The highest BCUT2D eigenvalue weighted by Crippen LogP contribution is 2.27. The van der Waals surface area contributed by atoms with Gasteiger partial charge in [-0.3, -0.25) is 9.78 Å². The van der Waals surface area contributed by atoms with E-state index in [1.54, 1.807) is 20.8 Å². The average molecular weight is 361 g/mol. The van der Waals surface area contributed by atoms with Gasteiger partial charge in [0.1, 0.15) is 11.3 Å². The van der Waals surface area contributed by atoms with Crippen LogP contribution in [0.4, 0.5) is 18.0 Å². The van der Waals surface area contributed by atoms with Gasteiger partial charge in [-0.25, -0.2) is 4.79 Å². The minimum absolute atomic E-state index is 0.0223. The van der Waals surface area contributed by atoms with Crippen LogP contribution in [0.25, 0.3) is 0 Å². The summed E-state index contributed by atoms with van der Waals surface area (Å²) in [4.78, 5) is 26.2. The molecule has 0 spiro atoms. The second-order valence-corrected chi connectivity index (χ2v) is 6.60. The molecule has 1 unspecified atom stereocenters. The monoisotopic (exact) mass is 361 g/mol. The largest absolute Gasteiger partial charge is 0.444 e. The van der Waals surface area contributed by atoms with E-state index in [9.17, 15) is 22.8 Å². The van der Waals surface area contributed by atoms with Gasteiger partial charge in [0.2, 0.25) is 5.91 Å². The highest BCUT2D eigenvalue weighted by molar-refractivity contribution is 5.74. The van der Waals surface area contributed by atoms with Crippen molar-refractivity contribution >= 4 is 12.0 Å². The van der Waals surface area contributed by atoms with Crippen molar-refractivity contribution in [2.24, 2.45) is 5.73 Å². The summed E-state index contributed by atoms with van der Waals surface area (Å²) in [7, 11) is 0. The van der Waals surface area contributed by atoms with Crippen LogP contribution in [0.3, 0.4) is 0 Å². The lowest BCUT2D eigenvalue weighted by Gasteiger charge is -2.23. The number of ether oxygens (including phenoxy) is 1. The molecule has 0 bridgehead atoms. The summed E-state index contributed by atoms with van der Waals surface area (Å²) in [5.74, 6) is -0.540. The number of primary amides is 1. The SMILES string of the molecule is CC(C)(C)OC(=O)NC(CCC(N)=O)Cc1ccc(C(F)(F)F)nc1. The van der Waals surface area contributed by atoms with E-state index < -0.39 is 35.5 Å². The van der Waals surface area contributed by atoms with E-state index in [2.05, 4.69) is 10.3 Å². The van der Waals surface area contributed by atoms with Crippen LogP contribution in [0.5, 0.6) is 0 Å². The Morgan fingerprint density at radius 3 is 2.36 bits per heavy atom. The van der Waals surface area contributed by atoms with E-state index in [-0.39, 0.29) is 19.3 Å². The zero-order valence-corrected chi connectivity index (χ0v) is 14.3. The number of nitrogens with two attached hydrogens (primary N) is 1. The molecule has 2 amide bonds. The number of aromatic nitrogens is 1. The number of rotatable bonds is 6. The number of pyridine rings is 1. The molecule has 1 rings (SSSR count). The second kappa shape index (κ2) is 8.17. The first kappa shape index (κ1) is 20.7. The third-order valence-electron chi connectivity index (χ3n) is 3.06. The van der Waals surface area contributed by atoms with Gasteiger partial charge in [0, 0.05) is 18.7 Å². The van der Waals surface area contributed by atoms with E-state index >= 15 is 0 Å². The Balaban J connectivity index is 2.79. The highest BCUT2D eigenvalue weighted by atomic mass is 19.4. The molecule has 1 aromatic heterocycles. The third kappa shape index (κ3) is 8.37. The summed E-state index contributed by atoms with van der Waals surface area (Å²) in [5.41, 5.74) is 3.90.